The van der Waals surface area contributed by atoms with Gasteiger partial charge in [0.25, 0.3) is 0 Å². The Bertz CT molecular complexity index is 297. The largest absolute Gasteiger partial charge is 0.393 e. The minimum Gasteiger partial charge on any atom is -0.393 e. The topological polar surface area (TPSA) is 20.2 Å². The van der Waals surface area contributed by atoms with Crippen molar-refractivity contribution < 1.29 is 13.9 Å². The third kappa shape index (κ3) is 2.25. The molecule has 13 heavy (non-hydrogen) atoms. The SMILES string of the molecule is C[C@H](c1ccc(F)c(F)c1)[C@@H](C)O. The van der Waals surface area contributed by atoms with Crippen molar-refractivity contribution in [1.29, 1.82) is 0 Å². The lowest BCUT2D eigenvalue weighted by Crippen LogP contribution is -2.11. The van der Waals surface area contributed by atoms with E-state index in [9.17, 15) is 13.9 Å². The van der Waals surface area contributed by atoms with Gasteiger partial charge in [-0.1, -0.05) is 13.0 Å². The summed E-state index contributed by atoms with van der Waals surface area (Å²) in [5.41, 5.74) is 0.605. The van der Waals surface area contributed by atoms with Crippen LogP contribution in [0, 0.1) is 11.6 Å². The molecule has 1 rings (SSSR count). The Hall–Kier alpha value is -0.960. The van der Waals surface area contributed by atoms with Crippen molar-refractivity contribution in [2.24, 2.45) is 0 Å². The molecule has 0 unspecified atom stereocenters. The zero-order valence-electron chi connectivity index (χ0n) is 7.59. The smallest absolute Gasteiger partial charge is 0.159 e. The first-order chi connectivity index (χ1) is 6.02. The van der Waals surface area contributed by atoms with Gasteiger partial charge in [-0.25, -0.2) is 8.78 Å². The molecule has 1 N–H and O–H groups in total. The molecular formula is C10H12F2O. The molecule has 0 amide bonds. The molecular weight excluding hydrogens is 174 g/mol. The number of benzene rings is 1. The van der Waals surface area contributed by atoms with E-state index in [1.54, 1.807) is 13.8 Å². The van der Waals surface area contributed by atoms with E-state index in [1.165, 1.54) is 6.07 Å². The number of hydrogen-bond acceptors (Lipinski definition) is 1. The number of aliphatic hydroxyl groups is 1. The van der Waals surface area contributed by atoms with Gasteiger partial charge in [-0.2, -0.15) is 0 Å². The molecule has 1 nitrogen and oxygen atoms in total. The maximum Gasteiger partial charge on any atom is 0.159 e. The van der Waals surface area contributed by atoms with E-state index in [1.807, 2.05) is 0 Å². The third-order valence-corrected chi connectivity index (χ3v) is 2.19. The predicted octanol–water partition coefficient (Wildman–Crippen LogP) is 2.45. The lowest BCUT2D eigenvalue weighted by Gasteiger charge is -2.14. The molecule has 72 valence electrons. The second-order valence-electron chi connectivity index (χ2n) is 3.20. The summed E-state index contributed by atoms with van der Waals surface area (Å²) in [5, 5.41) is 9.22. The highest BCUT2D eigenvalue weighted by Gasteiger charge is 2.13. The molecule has 0 aliphatic rings. The van der Waals surface area contributed by atoms with E-state index >= 15 is 0 Å². The number of halogens is 2. The van der Waals surface area contributed by atoms with Crippen LogP contribution >= 0.6 is 0 Å². The highest BCUT2D eigenvalue weighted by molar-refractivity contribution is 5.21. The Morgan fingerprint density at radius 1 is 1.15 bits per heavy atom. The molecule has 0 fully saturated rings. The van der Waals surface area contributed by atoms with E-state index in [2.05, 4.69) is 0 Å². The Morgan fingerprint density at radius 3 is 2.23 bits per heavy atom. The summed E-state index contributed by atoms with van der Waals surface area (Å²) in [5.74, 6) is -1.92. The molecule has 0 heterocycles. The fraction of sp³-hybridized carbons (Fsp3) is 0.400. The summed E-state index contributed by atoms with van der Waals surface area (Å²) in [7, 11) is 0. The molecule has 0 bridgehead atoms. The Labute approximate surface area is 76.0 Å². The van der Waals surface area contributed by atoms with Crippen LogP contribution in [-0.4, -0.2) is 11.2 Å². The first-order valence-corrected chi connectivity index (χ1v) is 4.15. The maximum absolute atomic E-state index is 12.7. The van der Waals surface area contributed by atoms with Gasteiger partial charge in [0, 0.05) is 5.92 Å². The Balaban J connectivity index is 2.97. The van der Waals surface area contributed by atoms with Crippen LogP contribution in [0.25, 0.3) is 0 Å². The average molecular weight is 186 g/mol. The number of hydrogen-bond donors (Lipinski definition) is 1. The minimum absolute atomic E-state index is 0.185. The first kappa shape index (κ1) is 10.1. The van der Waals surface area contributed by atoms with Gasteiger partial charge < -0.3 is 5.11 Å². The summed E-state index contributed by atoms with van der Waals surface area (Å²) in [6, 6.07) is 3.67. The van der Waals surface area contributed by atoms with Crippen molar-refractivity contribution in [3.8, 4) is 0 Å². The summed E-state index contributed by atoms with van der Waals surface area (Å²) in [6.45, 7) is 3.38. The second-order valence-corrected chi connectivity index (χ2v) is 3.20. The van der Waals surface area contributed by atoms with Gasteiger partial charge in [0.2, 0.25) is 0 Å². The van der Waals surface area contributed by atoms with Crippen molar-refractivity contribution in [2.45, 2.75) is 25.9 Å². The second kappa shape index (κ2) is 3.83. The highest BCUT2D eigenvalue weighted by Crippen LogP contribution is 2.20. The van der Waals surface area contributed by atoms with Gasteiger partial charge >= 0.3 is 0 Å². The lowest BCUT2D eigenvalue weighted by atomic mass is 9.96. The third-order valence-electron chi connectivity index (χ3n) is 2.19. The van der Waals surface area contributed by atoms with Crippen LogP contribution in [0.4, 0.5) is 8.78 Å². The fourth-order valence-electron chi connectivity index (χ4n) is 1.07. The molecule has 0 aliphatic heterocycles. The van der Waals surface area contributed by atoms with Crippen LogP contribution < -0.4 is 0 Å². The van der Waals surface area contributed by atoms with Crippen LogP contribution in [0.1, 0.15) is 25.3 Å². The van der Waals surface area contributed by atoms with Crippen molar-refractivity contribution in [1.82, 2.24) is 0 Å². The molecule has 0 aliphatic carbocycles. The van der Waals surface area contributed by atoms with E-state index < -0.39 is 17.7 Å². The van der Waals surface area contributed by atoms with Gasteiger partial charge in [0.05, 0.1) is 6.10 Å². The Kier molecular flexibility index (Phi) is 2.98. The van der Waals surface area contributed by atoms with Crippen molar-refractivity contribution >= 4 is 0 Å². The van der Waals surface area contributed by atoms with Gasteiger partial charge in [-0.15, -0.1) is 0 Å². The van der Waals surface area contributed by atoms with Gasteiger partial charge in [0.1, 0.15) is 0 Å². The molecule has 0 spiro atoms. The summed E-state index contributed by atoms with van der Waals surface area (Å²) in [4.78, 5) is 0. The van der Waals surface area contributed by atoms with Gasteiger partial charge in [0.15, 0.2) is 11.6 Å². The van der Waals surface area contributed by atoms with Crippen LogP contribution in [0.5, 0.6) is 0 Å². The van der Waals surface area contributed by atoms with Crippen LogP contribution in [0.15, 0.2) is 18.2 Å². The molecule has 0 saturated carbocycles. The number of aliphatic hydroxyl groups excluding tert-OH is 1. The van der Waals surface area contributed by atoms with E-state index in [-0.39, 0.29) is 5.92 Å². The lowest BCUT2D eigenvalue weighted by molar-refractivity contribution is 0.169. The first-order valence-electron chi connectivity index (χ1n) is 4.15. The van der Waals surface area contributed by atoms with Crippen molar-refractivity contribution in [3.63, 3.8) is 0 Å². The van der Waals surface area contributed by atoms with Crippen molar-refractivity contribution in [3.05, 3.63) is 35.4 Å². The van der Waals surface area contributed by atoms with Gasteiger partial charge in [-0.3, -0.25) is 0 Å². The van der Waals surface area contributed by atoms with Crippen LogP contribution in [-0.2, 0) is 0 Å². The normalized spacial score (nSPS) is 15.5. The Morgan fingerprint density at radius 2 is 1.77 bits per heavy atom. The minimum atomic E-state index is -0.870. The zero-order chi connectivity index (χ0) is 10.0. The van der Waals surface area contributed by atoms with Crippen LogP contribution in [0.2, 0.25) is 0 Å². The quantitative estimate of drug-likeness (QED) is 0.752. The van der Waals surface area contributed by atoms with E-state index in [0.29, 0.717) is 5.56 Å². The molecule has 2 atom stereocenters. The average Bonchev–Trinajstić information content (AvgIpc) is 2.08. The van der Waals surface area contributed by atoms with Crippen molar-refractivity contribution in [2.75, 3.05) is 0 Å². The van der Waals surface area contributed by atoms with Gasteiger partial charge in [-0.05, 0) is 24.6 Å². The molecule has 3 heteroatoms. The predicted molar refractivity (Wildman–Crippen MR) is 46.5 cm³/mol. The molecule has 0 radical (unpaired) electrons. The fourth-order valence-corrected chi connectivity index (χ4v) is 1.07. The molecule has 1 aromatic rings. The maximum atomic E-state index is 12.7. The highest BCUT2D eigenvalue weighted by atomic mass is 19.2. The van der Waals surface area contributed by atoms with Crippen LogP contribution in [0.3, 0.4) is 0 Å². The monoisotopic (exact) mass is 186 g/mol. The summed E-state index contributed by atoms with van der Waals surface area (Å²) >= 11 is 0. The molecule has 0 aromatic heterocycles. The molecule has 1 aromatic carbocycles. The molecule has 0 saturated heterocycles. The number of rotatable bonds is 2. The zero-order valence-corrected chi connectivity index (χ0v) is 7.59. The van der Waals surface area contributed by atoms with E-state index in [4.69, 9.17) is 0 Å². The summed E-state index contributed by atoms with van der Waals surface area (Å²) < 4.78 is 25.3. The van der Waals surface area contributed by atoms with E-state index in [0.717, 1.165) is 12.1 Å². The standard InChI is InChI=1S/C10H12F2O/c1-6(7(2)13)8-3-4-9(11)10(12)5-8/h3-7,13H,1-2H3/t6-,7+/m0/s1. The summed E-state index contributed by atoms with van der Waals surface area (Å²) in [6.07, 6.45) is -0.565.